The molecule has 2 aromatic rings. The first-order valence-electron chi connectivity index (χ1n) is 13.0. The van der Waals surface area contributed by atoms with Crippen molar-refractivity contribution >= 4 is 11.6 Å². The molecule has 1 amide bonds. The number of benzene rings is 2. The van der Waals surface area contributed by atoms with E-state index in [-0.39, 0.29) is 12.5 Å². The van der Waals surface area contributed by atoms with Gasteiger partial charge < -0.3 is 29.4 Å². The van der Waals surface area contributed by atoms with Crippen molar-refractivity contribution in [3.05, 3.63) is 59.7 Å². The fourth-order valence-corrected chi connectivity index (χ4v) is 3.53. The first-order valence-corrected chi connectivity index (χ1v) is 13.0. The number of rotatable bonds is 18. The van der Waals surface area contributed by atoms with Crippen molar-refractivity contribution in [2.45, 2.75) is 45.3 Å². The quantitative estimate of drug-likeness (QED) is 0.263. The summed E-state index contributed by atoms with van der Waals surface area (Å²) in [6.07, 6.45) is 2.68. The van der Waals surface area contributed by atoms with E-state index in [9.17, 15) is 9.90 Å². The normalized spacial score (nSPS) is 14.1. The molecule has 202 valence electrons. The fourth-order valence-electron chi connectivity index (χ4n) is 3.53. The third kappa shape index (κ3) is 11.3. The zero-order valence-electron chi connectivity index (χ0n) is 21.6. The van der Waals surface area contributed by atoms with Crippen LogP contribution in [-0.4, -0.2) is 69.0 Å². The van der Waals surface area contributed by atoms with E-state index in [1.807, 2.05) is 48.5 Å². The van der Waals surface area contributed by atoms with E-state index in [2.05, 4.69) is 22.8 Å². The Morgan fingerprint density at radius 3 is 2.41 bits per heavy atom. The molecule has 37 heavy (non-hydrogen) atoms. The lowest BCUT2D eigenvalue weighted by Crippen LogP contribution is -2.33. The topological polar surface area (TPSA) is 111 Å². The van der Waals surface area contributed by atoms with E-state index in [0.717, 1.165) is 42.0 Å². The molecule has 1 unspecified atom stereocenters. The predicted molar refractivity (Wildman–Crippen MR) is 142 cm³/mol. The first kappa shape index (κ1) is 28.6. The number of carbonyl (C=O) groups is 1. The van der Waals surface area contributed by atoms with Crippen molar-refractivity contribution < 1.29 is 28.8 Å². The molecule has 0 aliphatic carbocycles. The third-order valence-corrected chi connectivity index (χ3v) is 5.67. The van der Waals surface area contributed by atoms with Gasteiger partial charge in [0.2, 0.25) is 5.91 Å². The van der Waals surface area contributed by atoms with Crippen LogP contribution in [0.15, 0.2) is 53.6 Å². The highest BCUT2D eigenvalue weighted by Crippen LogP contribution is 2.16. The van der Waals surface area contributed by atoms with Gasteiger partial charge in [-0.3, -0.25) is 4.79 Å². The summed E-state index contributed by atoms with van der Waals surface area (Å²) >= 11 is 0. The molecule has 3 N–H and O–H groups in total. The molecule has 1 heterocycles. The summed E-state index contributed by atoms with van der Waals surface area (Å²) in [5.41, 5.74) is 5.41. The fraction of sp³-hybridized carbons (Fsp3) is 0.500. The van der Waals surface area contributed by atoms with Crippen LogP contribution in [0.4, 0.5) is 0 Å². The molecule has 1 aliphatic heterocycles. The van der Waals surface area contributed by atoms with Gasteiger partial charge in [0.15, 0.2) is 0 Å². The molecule has 9 heteroatoms. The van der Waals surface area contributed by atoms with Crippen LogP contribution < -0.4 is 20.2 Å². The molecule has 0 fully saturated rings. The van der Waals surface area contributed by atoms with Gasteiger partial charge in [0.25, 0.3) is 0 Å². The summed E-state index contributed by atoms with van der Waals surface area (Å²) in [4.78, 5) is 11.2. The van der Waals surface area contributed by atoms with Crippen LogP contribution in [0.5, 0.6) is 11.5 Å². The Hall–Kier alpha value is -2.98. The average molecular weight is 514 g/mol. The van der Waals surface area contributed by atoms with E-state index < -0.39 is 6.10 Å². The highest BCUT2D eigenvalue weighted by Gasteiger charge is 2.13. The highest BCUT2D eigenvalue weighted by molar-refractivity contribution is 6.04. The average Bonchev–Trinajstić information content (AvgIpc) is 2.93. The van der Waals surface area contributed by atoms with Gasteiger partial charge in [-0.15, -0.1) is 0 Å². The van der Waals surface area contributed by atoms with Crippen LogP contribution in [0, 0.1) is 0 Å². The number of nitrogens with zero attached hydrogens (tertiary/aromatic N) is 1. The Morgan fingerprint density at radius 1 is 0.946 bits per heavy atom. The van der Waals surface area contributed by atoms with Crippen molar-refractivity contribution in [2.75, 3.05) is 46.1 Å². The Balaban J connectivity index is 1.22. The molecule has 1 aliphatic rings. The Morgan fingerprint density at radius 2 is 1.68 bits per heavy atom. The van der Waals surface area contributed by atoms with Crippen molar-refractivity contribution in [3.63, 3.8) is 0 Å². The summed E-state index contributed by atoms with van der Waals surface area (Å²) in [7, 11) is 0. The summed E-state index contributed by atoms with van der Waals surface area (Å²) < 4.78 is 22.5. The van der Waals surface area contributed by atoms with Gasteiger partial charge in [-0.05, 0) is 53.9 Å². The van der Waals surface area contributed by atoms with Gasteiger partial charge in [0.05, 0.1) is 25.5 Å². The maximum absolute atomic E-state index is 11.2. The van der Waals surface area contributed by atoms with E-state index in [4.69, 9.17) is 18.9 Å². The number of hydrazone groups is 1. The minimum absolute atomic E-state index is 0.0528. The minimum atomic E-state index is -0.633. The summed E-state index contributed by atoms with van der Waals surface area (Å²) in [6, 6.07) is 15.3. The van der Waals surface area contributed by atoms with Crippen LogP contribution in [0.1, 0.15) is 43.7 Å². The zero-order valence-corrected chi connectivity index (χ0v) is 21.6. The Labute approximate surface area is 219 Å². The standard InChI is InChI=1S/C28H39N3O6/c1-2-3-15-34-17-18-35-20-22-4-8-26(9-5-22)37-21-24(32)19-29-14-16-36-25-10-6-23(7-11-25)27-12-13-28(33)31-30-27/h4-11,24,29,32H,2-3,12-21H2,1H3,(H,31,33). The molecule has 9 nitrogen and oxygen atoms in total. The highest BCUT2D eigenvalue weighted by atomic mass is 16.5. The predicted octanol–water partition coefficient (Wildman–Crippen LogP) is 3.04. The van der Waals surface area contributed by atoms with Crippen molar-refractivity contribution in [2.24, 2.45) is 5.10 Å². The van der Waals surface area contributed by atoms with Crippen molar-refractivity contribution in [1.29, 1.82) is 0 Å². The third-order valence-electron chi connectivity index (χ3n) is 5.67. The number of hydrogen-bond acceptors (Lipinski definition) is 8. The second-order valence-electron chi connectivity index (χ2n) is 8.80. The molecule has 3 rings (SSSR count). The van der Waals surface area contributed by atoms with E-state index in [0.29, 0.717) is 58.1 Å². The second-order valence-corrected chi connectivity index (χ2v) is 8.80. The second kappa shape index (κ2) is 16.7. The molecular formula is C28H39N3O6. The molecule has 0 bridgehead atoms. The minimum Gasteiger partial charge on any atom is -0.492 e. The lowest BCUT2D eigenvalue weighted by molar-refractivity contribution is -0.121. The number of amides is 1. The van der Waals surface area contributed by atoms with Gasteiger partial charge in [-0.1, -0.05) is 25.5 Å². The number of aliphatic hydroxyl groups excluding tert-OH is 1. The summed E-state index contributed by atoms with van der Waals surface area (Å²) in [5, 5.41) is 17.4. The van der Waals surface area contributed by atoms with Crippen molar-refractivity contribution in [3.8, 4) is 11.5 Å². The van der Waals surface area contributed by atoms with Gasteiger partial charge in [-0.25, -0.2) is 5.43 Å². The number of ether oxygens (including phenoxy) is 4. The Bertz CT molecular complexity index is 949. The monoisotopic (exact) mass is 513 g/mol. The number of unbranched alkanes of at least 4 members (excludes halogenated alkanes) is 1. The van der Waals surface area contributed by atoms with Crippen LogP contribution in [-0.2, 0) is 20.9 Å². The van der Waals surface area contributed by atoms with E-state index >= 15 is 0 Å². The number of hydrogen-bond donors (Lipinski definition) is 3. The first-order chi connectivity index (χ1) is 18.1. The number of nitrogens with one attached hydrogen (secondary N) is 2. The Kier molecular flexibility index (Phi) is 12.9. The van der Waals surface area contributed by atoms with Gasteiger partial charge in [0, 0.05) is 32.5 Å². The van der Waals surface area contributed by atoms with E-state index in [1.54, 1.807) is 0 Å². The largest absolute Gasteiger partial charge is 0.492 e. The van der Waals surface area contributed by atoms with Crippen LogP contribution in [0.25, 0.3) is 0 Å². The van der Waals surface area contributed by atoms with Crippen molar-refractivity contribution in [1.82, 2.24) is 10.7 Å². The van der Waals surface area contributed by atoms with E-state index in [1.165, 1.54) is 0 Å². The molecule has 0 saturated carbocycles. The van der Waals surface area contributed by atoms with Gasteiger partial charge in [-0.2, -0.15) is 5.10 Å². The SMILES string of the molecule is CCCCOCCOCc1ccc(OCC(O)CNCCOc2ccc(C3=NNC(=O)CC3)cc2)cc1. The molecule has 0 radical (unpaired) electrons. The lowest BCUT2D eigenvalue weighted by atomic mass is 10.0. The lowest BCUT2D eigenvalue weighted by Gasteiger charge is -2.14. The van der Waals surface area contributed by atoms with Gasteiger partial charge in [0.1, 0.15) is 30.8 Å². The van der Waals surface area contributed by atoms with Crippen LogP contribution >= 0.6 is 0 Å². The maximum Gasteiger partial charge on any atom is 0.240 e. The molecule has 1 atom stereocenters. The van der Waals surface area contributed by atoms with Crippen LogP contribution in [0.3, 0.4) is 0 Å². The smallest absolute Gasteiger partial charge is 0.240 e. The number of carbonyl (C=O) groups excluding carboxylic acids is 1. The summed E-state index contributed by atoms with van der Waals surface area (Å²) in [5.74, 6) is 1.41. The molecule has 0 spiro atoms. The molecule has 0 saturated heterocycles. The molecule has 2 aromatic carbocycles. The number of aliphatic hydroxyl groups is 1. The van der Waals surface area contributed by atoms with Gasteiger partial charge >= 0.3 is 0 Å². The maximum atomic E-state index is 11.2. The zero-order chi connectivity index (χ0) is 26.1. The summed E-state index contributed by atoms with van der Waals surface area (Å²) in [6.45, 7) is 6.33. The van der Waals surface area contributed by atoms with Crippen LogP contribution in [0.2, 0.25) is 0 Å². The molecule has 0 aromatic heterocycles. The molecular weight excluding hydrogens is 474 g/mol.